The van der Waals surface area contributed by atoms with Crippen molar-refractivity contribution in [3.05, 3.63) is 0 Å². The van der Waals surface area contributed by atoms with E-state index in [1.807, 2.05) is 18.6 Å². The van der Waals surface area contributed by atoms with Crippen molar-refractivity contribution in [1.82, 2.24) is 0 Å². The van der Waals surface area contributed by atoms with Crippen LogP contribution in [0.3, 0.4) is 0 Å². The molecular weight excluding hydrogens is 325 g/mol. The first-order chi connectivity index (χ1) is 1.73. The number of hydrogen-bond donors (Lipinski definition) is 0. The van der Waals surface area contributed by atoms with Crippen molar-refractivity contribution < 1.29 is 0 Å². The summed E-state index contributed by atoms with van der Waals surface area (Å²) in [4.78, 5) is 0. The van der Waals surface area contributed by atoms with E-state index in [2.05, 4.69) is 0 Å². The van der Waals surface area contributed by atoms with Crippen LogP contribution in [0.4, 0.5) is 0 Å². The Morgan fingerprint density at radius 3 is 1.50 bits per heavy atom. The van der Waals surface area contributed by atoms with Gasteiger partial charge in [0.1, 0.15) is 0 Å². The van der Waals surface area contributed by atoms with Crippen molar-refractivity contribution in [2.24, 2.45) is 0 Å². The summed E-state index contributed by atoms with van der Waals surface area (Å²) in [7, 11) is 10.4. The fourth-order valence-corrected chi connectivity index (χ4v) is 0. The third-order valence-electron chi connectivity index (χ3n) is 0. The van der Waals surface area contributed by atoms with E-state index < -0.39 is 13.6 Å². The van der Waals surface area contributed by atoms with Crippen LogP contribution in [0.5, 0.6) is 0 Å². The van der Waals surface area contributed by atoms with Gasteiger partial charge in [0.15, 0.2) is 0 Å². The second-order valence-corrected chi connectivity index (χ2v) is 17.8. The molecule has 0 heterocycles. The van der Waals surface area contributed by atoms with Crippen LogP contribution in [-0.2, 0) is 0 Å². The molecule has 4 heteroatoms. The molecule has 0 aromatic rings. The van der Waals surface area contributed by atoms with Gasteiger partial charge in [-0.15, -0.1) is 0 Å². The molecule has 0 amide bonds. The van der Waals surface area contributed by atoms with Gasteiger partial charge in [0.25, 0.3) is 0 Å². The molecule has 0 aromatic heterocycles. The van der Waals surface area contributed by atoms with E-state index in [0.717, 1.165) is 0 Å². The standard InChI is InChI=1S/Cl2I2/c1-4(2)3. The molecule has 0 saturated carbocycles. The van der Waals surface area contributed by atoms with Crippen LogP contribution in [0.15, 0.2) is 0 Å². The van der Waals surface area contributed by atoms with Crippen molar-refractivity contribution in [3.63, 3.8) is 0 Å². The predicted molar refractivity (Wildman–Crippen MR) is 39.7 cm³/mol. The average molecular weight is 325 g/mol. The van der Waals surface area contributed by atoms with Gasteiger partial charge in [0.2, 0.25) is 0 Å². The van der Waals surface area contributed by atoms with Crippen LogP contribution in [0, 0.1) is 0 Å². The van der Waals surface area contributed by atoms with Crippen LogP contribution in [0.2, 0.25) is 0 Å². The van der Waals surface area contributed by atoms with Gasteiger partial charge in [-0.3, -0.25) is 0 Å². The quantitative estimate of drug-likeness (QED) is 0.601. The zero-order valence-corrected chi connectivity index (χ0v) is 7.34. The van der Waals surface area contributed by atoms with Crippen LogP contribution in [0.1, 0.15) is 0 Å². The molecule has 0 N–H and O–H groups in total. The van der Waals surface area contributed by atoms with Gasteiger partial charge >= 0.3 is 50.0 Å². The number of halogens is 4. The van der Waals surface area contributed by atoms with Gasteiger partial charge < -0.3 is 0 Å². The third kappa shape index (κ3) is 8.97. The first kappa shape index (κ1) is 6.04. The zero-order valence-electron chi connectivity index (χ0n) is 1.51. The molecule has 0 rings (SSSR count). The predicted octanol–water partition coefficient (Wildman–Crippen LogP) is 3.15. The Morgan fingerprint density at radius 2 is 1.50 bits per heavy atom. The van der Waals surface area contributed by atoms with E-state index in [4.69, 9.17) is 17.8 Å². The minimum atomic E-state index is -1.35. The second-order valence-electron chi connectivity index (χ2n) is 0.162. The summed E-state index contributed by atoms with van der Waals surface area (Å²) in [5.74, 6) is 0. The topological polar surface area (TPSA) is 0 Å². The summed E-state index contributed by atoms with van der Waals surface area (Å²) in [5.41, 5.74) is 0. The summed E-state index contributed by atoms with van der Waals surface area (Å²) < 4.78 is 0. The van der Waals surface area contributed by atoms with Crippen LogP contribution in [0.25, 0.3) is 0 Å². The normalized spacial score (nSPS) is 11.2. The van der Waals surface area contributed by atoms with Gasteiger partial charge in [0, 0.05) is 0 Å². The van der Waals surface area contributed by atoms with Crippen molar-refractivity contribution in [2.75, 3.05) is 0 Å². The van der Waals surface area contributed by atoms with E-state index in [0.29, 0.717) is 0 Å². The molecule has 0 aromatic carbocycles. The average Bonchev–Trinajstić information content (AvgIpc) is 0.811. The molecule has 0 saturated heterocycles. The molecule has 0 radical (unpaired) electrons. The zero-order chi connectivity index (χ0) is 3.58. The second kappa shape index (κ2) is 3.24. The minimum absolute atomic E-state index is 1.35. The Hall–Kier alpha value is 2.04. The van der Waals surface area contributed by atoms with Crippen molar-refractivity contribution in [1.29, 1.82) is 0 Å². The Bertz CT molecular complexity index is 8.75. The summed E-state index contributed by atoms with van der Waals surface area (Å²) in [6.45, 7) is 0. The molecule has 0 fully saturated rings. The fraction of sp³-hybridized carbons (Fsp3) is 0. The molecule has 0 spiro atoms. The van der Waals surface area contributed by atoms with E-state index in [9.17, 15) is 0 Å². The molecule has 0 aliphatic rings. The summed E-state index contributed by atoms with van der Waals surface area (Å²) >= 11 is 0.682. The summed E-state index contributed by atoms with van der Waals surface area (Å²) in [5, 5.41) is 0. The van der Waals surface area contributed by atoms with E-state index in [1.54, 1.807) is 0 Å². The maximum absolute atomic E-state index is 5.18. The van der Waals surface area contributed by atoms with E-state index in [1.165, 1.54) is 0 Å². The van der Waals surface area contributed by atoms with Gasteiger partial charge in [-0.25, -0.2) is 0 Å². The molecular formula is Cl2I2. The Kier molecular flexibility index (Phi) is 4.89. The van der Waals surface area contributed by atoms with Gasteiger partial charge in [-0.1, -0.05) is 0 Å². The molecule has 28 valence electrons. The SMILES string of the molecule is ClI(Cl)I. The monoisotopic (exact) mass is 324 g/mol. The van der Waals surface area contributed by atoms with Crippen LogP contribution >= 0.6 is 50.0 Å². The van der Waals surface area contributed by atoms with Crippen molar-refractivity contribution >= 4 is 50.0 Å². The first-order valence-electron chi connectivity index (χ1n) is 0.429. The molecule has 0 unspecified atom stereocenters. The summed E-state index contributed by atoms with van der Waals surface area (Å²) in [6.07, 6.45) is 0. The summed E-state index contributed by atoms with van der Waals surface area (Å²) in [6, 6.07) is 0. The third-order valence-corrected chi connectivity index (χ3v) is 0. The van der Waals surface area contributed by atoms with Gasteiger partial charge in [-0.05, 0) is 0 Å². The fourth-order valence-electron chi connectivity index (χ4n) is 0. The number of rotatable bonds is 0. The maximum atomic E-state index is 5.18. The molecule has 0 nitrogen and oxygen atoms in total. The van der Waals surface area contributed by atoms with Crippen molar-refractivity contribution in [2.45, 2.75) is 0 Å². The van der Waals surface area contributed by atoms with Gasteiger partial charge in [-0.2, -0.15) is 0 Å². The first-order valence-corrected chi connectivity index (χ1v) is 12.2. The van der Waals surface area contributed by atoms with E-state index >= 15 is 0 Å². The number of hydrogen-bond acceptors (Lipinski definition) is 0. The molecule has 4 heavy (non-hydrogen) atoms. The Morgan fingerprint density at radius 1 is 1.50 bits per heavy atom. The van der Waals surface area contributed by atoms with Crippen LogP contribution in [-0.4, -0.2) is 0 Å². The molecule has 0 aliphatic heterocycles. The molecule has 0 aliphatic carbocycles. The van der Waals surface area contributed by atoms with E-state index in [-0.39, 0.29) is 0 Å². The van der Waals surface area contributed by atoms with Crippen molar-refractivity contribution in [3.8, 4) is 0 Å². The van der Waals surface area contributed by atoms with Gasteiger partial charge in [0.05, 0.1) is 0 Å². The Balaban J connectivity index is 2.32. The Labute approximate surface area is 49.2 Å². The van der Waals surface area contributed by atoms with Crippen LogP contribution < -0.4 is 0 Å². The molecule has 0 bridgehead atoms. The molecule has 0 atom stereocenters.